The maximum Gasteiger partial charge on any atom is 0.342 e. The van der Waals surface area contributed by atoms with Crippen LogP contribution in [0.4, 0.5) is 4.79 Å². The van der Waals surface area contributed by atoms with Gasteiger partial charge in [-0.2, -0.15) is 0 Å². The molecule has 1 atom stereocenters. The summed E-state index contributed by atoms with van der Waals surface area (Å²) in [5, 5.41) is 7.45. The lowest BCUT2D eigenvalue weighted by Gasteiger charge is -2.15. The van der Waals surface area contributed by atoms with Crippen LogP contribution in [0.2, 0.25) is 0 Å². The van der Waals surface area contributed by atoms with Gasteiger partial charge in [0.1, 0.15) is 17.9 Å². The van der Waals surface area contributed by atoms with Crippen LogP contribution in [0.5, 0.6) is 5.75 Å². The van der Waals surface area contributed by atoms with Crippen LogP contribution in [0.3, 0.4) is 0 Å². The molecule has 0 bridgehead atoms. The standard InChI is InChI=1S/C19H23N3O5S/c1-11(2)20-19(25)22-17(23)12(3)27-18(24)15-7-5-6-8-16(15)26-9-14-10-28-13(4)21-14/h5-8,10-12H,9H2,1-4H3,(H2,20,22,23,25)/t12-/m0/s1. The van der Waals surface area contributed by atoms with Crippen molar-refractivity contribution in [3.63, 3.8) is 0 Å². The molecule has 0 unspecified atom stereocenters. The minimum atomic E-state index is -1.15. The summed E-state index contributed by atoms with van der Waals surface area (Å²) >= 11 is 1.51. The molecule has 0 saturated heterocycles. The molecule has 8 nitrogen and oxygen atoms in total. The number of aromatic nitrogens is 1. The van der Waals surface area contributed by atoms with Crippen molar-refractivity contribution >= 4 is 29.2 Å². The summed E-state index contributed by atoms with van der Waals surface area (Å²) in [6.07, 6.45) is -1.15. The maximum absolute atomic E-state index is 12.5. The van der Waals surface area contributed by atoms with Gasteiger partial charge in [0.05, 0.1) is 10.7 Å². The van der Waals surface area contributed by atoms with Crippen LogP contribution < -0.4 is 15.4 Å². The van der Waals surface area contributed by atoms with E-state index in [1.807, 2.05) is 12.3 Å². The smallest absolute Gasteiger partial charge is 0.342 e. The Labute approximate surface area is 167 Å². The highest BCUT2D eigenvalue weighted by molar-refractivity contribution is 7.09. The van der Waals surface area contributed by atoms with E-state index in [9.17, 15) is 14.4 Å². The van der Waals surface area contributed by atoms with Crippen LogP contribution in [0, 0.1) is 6.92 Å². The number of esters is 1. The van der Waals surface area contributed by atoms with Crippen molar-refractivity contribution in [1.29, 1.82) is 0 Å². The Kier molecular flexibility index (Phi) is 7.51. The molecule has 1 heterocycles. The third-order valence-electron chi connectivity index (χ3n) is 3.46. The van der Waals surface area contributed by atoms with Crippen molar-refractivity contribution in [1.82, 2.24) is 15.6 Å². The van der Waals surface area contributed by atoms with Gasteiger partial charge in [-0.1, -0.05) is 12.1 Å². The number of thiazole rings is 1. The Balaban J connectivity index is 1.97. The number of nitrogens with zero attached hydrogens (tertiary/aromatic N) is 1. The van der Waals surface area contributed by atoms with Gasteiger partial charge in [0, 0.05) is 11.4 Å². The Morgan fingerprint density at radius 1 is 1.18 bits per heavy atom. The Hall–Kier alpha value is -2.94. The molecule has 0 saturated carbocycles. The number of urea groups is 1. The van der Waals surface area contributed by atoms with Crippen molar-refractivity contribution in [3.05, 3.63) is 45.9 Å². The van der Waals surface area contributed by atoms with E-state index >= 15 is 0 Å². The number of hydrogen-bond acceptors (Lipinski definition) is 7. The number of carbonyl (C=O) groups is 3. The van der Waals surface area contributed by atoms with E-state index in [4.69, 9.17) is 9.47 Å². The van der Waals surface area contributed by atoms with Crippen molar-refractivity contribution in [3.8, 4) is 5.75 Å². The molecule has 0 fully saturated rings. The third kappa shape index (κ3) is 6.34. The third-order valence-corrected chi connectivity index (χ3v) is 4.28. The maximum atomic E-state index is 12.5. The highest BCUT2D eigenvalue weighted by Gasteiger charge is 2.23. The Morgan fingerprint density at radius 3 is 2.54 bits per heavy atom. The van der Waals surface area contributed by atoms with E-state index in [2.05, 4.69) is 15.6 Å². The second kappa shape index (κ2) is 9.84. The summed E-state index contributed by atoms with van der Waals surface area (Å²) < 4.78 is 10.9. The number of hydrogen-bond donors (Lipinski definition) is 2. The summed E-state index contributed by atoms with van der Waals surface area (Å²) in [5.74, 6) is -1.12. The lowest BCUT2D eigenvalue weighted by atomic mass is 10.2. The largest absolute Gasteiger partial charge is 0.486 e. The summed E-state index contributed by atoms with van der Waals surface area (Å²) in [6.45, 7) is 7.01. The normalized spacial score (nSPS) is 11.6. The molecule has 1 aromatic heterocycles. The zero-order valence-electron chi connectivity index (χ0n) is 16.1. The van der Waals surface area contributed by atoms with Crippen molar-refractivity contribution in [2.24, 2.45) is 0 Å². The average Bonchev–Trinajstić information content (AvgIpc) is 3.04. The highest BCUT2D eigenvalue weighted by Crippen LogP contribution is 2.21. The number of carbonyl (C=O) groups excluding carboxylic acids is 3. The van der Waals surface area contributed by atoms with Crippen LogP contribution in [-0.4, -0.2) is 35.0 Å². The van der Waals surface area contributed by atoms with E-state index in [1.54, 1.807) is 38.1 Å². The van der Waals surface area contributed by atoms with Gasteiger partial charge in [0.15, 0.2) is 6.10 Å². The fraction of sp³-hybridized carbons (Fsp3) is 0.368. The number of benzene rings is 1. The molecular formula is C19H23N3O5S. The summed E-state index contributed by atoms with van der Waals surface area (Å²) in [7, 11) is 0. The fourth-order valence-corrected chi connectivity index (χ4v) is 2.77. The molecule has 0 aliphatic heterocycles. The second-order valence-electron chi connectivity index (χ2n) is 6.31. The first-order valence-electron chi connectivity index (χ1n) is 8.71. The van der Waals surface area contributed by atoms with Gasteiger partial charge < -0.3 is 14.8 Å². The molecule has 0 aliphatic carbocycles. The Morgan fingerprint density at radius 2 is 1.89 bits per heavy atom. The van der Waals surface area contributed by atoms with E-state index in [0.717, 1.165) is 10.7 Å². The van der Waals surface area contributed by atoms with Gasteiger partial charge in [-0.15, -0.1) is 11.3 Å². The summed E-state index contributed by atoms with van der Waals surface area (Å²) in [4.78, 5) is 40.4. The van der Waals surface area contributed by atoms with E-state index in [-0.39, 0.29) is 18.2 Å². The van der Waals surface area contributed by atoms with Crippen LogP contribution in [0.1, 0.15) is 41.8 Å². The summed E-state index contributed by atoms with van der Waals surface area (Å²) in [5.41, 5.74) is 0.940. The molecule has 2 N–H and O–H groups in total. The number of aryl methyl sites for hydroxylation is 1. The number of rotatable bonds is 7. The van der Waals surface area contributed by atoms with E-state index in [1.165, 1.54) is 18.3 Å². The number of ether oxygens (including phenoxy) is 2. The van der Waals surface area contributed by atoms with Crippen molar-refractivity contribution in [2.75, 3.05) is 0 Å². The molecule has 9 heteroatoms. The van der Waals surface area contributed by atoms with Crippen LogP contribution in [-0.2, 0) is 16.1 Å². The Bertz CT molecular complexity index is 850. The zero-order chi connectivity index (χ0) is 20.7. The predicted octanol–water partition coefficient (Wildman–Crippen LogP) is 2.81. The molecule has 0 radical (unpaired) electrons. The average molecular weight is 405 g/mol. The molecule has 1 aromatic carbocycles. The lowest BCUT2D eigenvalue weighted by molar-refractivity contribution is -0.127. The first-order valence-corrected chi connectivity index (χ1v) is 9.59. The van der Waals surface area contributed by atoms with Gasteiger partial charge in [-0.3, -0.25) is 10.1 Å². The topological polar surface area (TPSA) is 107 Å². The molecule has 0 aliphatic rings. The predicted molar refractivity (Wildman–Crippen MR) is 104 cm³/mol. The molecule has 3 amide bonds. The zero-order valence-corrected chi connectivity index (χ0v) is 17.0. The van der Waals surface area contributed by atoms with Gasteiger partial charge in [0.25, 0.3) is 5.91 Å². The van der Waals surface area contributed by atoms with E-state index < -0.39 is 24.0 Å². The lowest BCUT2D eigenvalue weighted by Crippen LogP contribution is -2.46. The number of amides is 3. The second-order valence-corrected chi connectivity index (χ2v) is 7.37. The van der Waals surface area contributed by atoms with Crippen LogP contribution in [0.25, 0.3) is 0 Å². The monoisotopic (exact) mass is 405 g/mol. The summed E-state index contributed by atoms with van der Waals surface area (Å²) in [6, 6.07) is 5.79. The van der Waals surface area contributed by atoms with E-state index in [0.29, 0.717) is 5.75 Å². The molecule has 2 aromatic rings. The minimum Gasteiger partial charge on any atom is -0.486 e. The van der Waals surface area contributed by atoms with Gasteiger partial charge >= 0.3 is 12.0 Å². The quantitative estimate of drug-likeness (QED) is 0.686. The number of para-hydroxylation sites is 1. The van der Waals surface area contributed by atoms with Gasteiger partial charge in [-0.05, 0) is 39.8 Å². The van der Waals surface area contributed by atoms with Crippen molar-refractivity contribution in [2.45, 2.75) is 46.4 Å². The highest BCUT2D eigenvalue weighted by atomic mass is 32.1. The minimum absolute atomic E-state index is 0.129. The molecule has 0 spiro atoms. The van der Waals surface area contributed by atoms with Crippen LogP contribution in [0.15, 0.2) is 29.6 Å². The first kappa shape index (κ1) is 21.4. The SMILES string of the molecule is Cc1nc(COc2ccccc2C(=O)O[C@@H](C)C(=O)NC(=O)NC(C)C)cs1. The molecule has 150 valence electrons. The van der Waals surface area contributed by atoms with Crippen molar-refractivity contribution < 1.29 is 23.9 Å². The molecule has 28 heavy (non-hydrogen) atoms. The van der Waals surface area contributed by atoms with Gasteiger partial charge in [0.2, 0.25) is 0 Å². The molecule has 2 rings (SSSR count). The number of nitrogens with one attached hydrogen (secondary N) is 2. The van der Waals surface area contributed by atoms with Gasteiger partial charge in [-0.25, -0.2) is 14.6 Å². The molecular weight excluding hydrogens is 382 g/mol. The first-order chi connectivity index (χ1) is 13.3. The van der Waals surface area contributed by atoms with Crippen LogP contribution >= 0.6 is 11.3 Å². The fourth-order valence-electron chi connectivity index (χ4n) is 2.18. The number of imide groups is 1.